The molecule has 1 atom stereocenters. The van der Waals surface area contributed by atoms with Crippen molar-refractivity contribution in [2.75, 3.05) is 39.5 Å². The SMILES string of the molecule is O=C(Cc1ccccc1)NCCNCC(O)COCCOc1ccccc1. The third kappa shape index (κ3) is 9.75. The van der Waals surface area contributed by atoms with Crippen LogP contribution in [0.4, 0.5) is 0 Å². The van der Waals surface area contributed by atoms with Crippen LogP contribution in [0.2, 0.25) is 0 Å². The fourth-order valence-corrected chi connectivity index (χ4v) is 2.42. The first-order valence-corrected chi connectivity index (χ1v) is 9.19. The van der Waals surface area contributed by atoms with Crippen molar-refractivity contribution in [1.82, 2.24) is 10.6 Å². The van der Waals surface area contributed by atoms with Crippen LogP contribution in [0.5, 0.6) is 5.75 Å². The predicted octanol–water partition coefficient (Wildman–Crippen LogP) is 1.39. The van der Waals surface area contributed by atoms with Gasteiger partial charge in [-0.2, -0.15) is 0 Å². The van der Waals surface area contributed by atoms with Crippen LogP contribution < -0.4 is 15.4 Å². The minimum atomic E-state index is -0.596. The number of carbonyl (C=O) groups is 1. The van der Waals surface area contributed by atoms with Gasteiger partial charge >= 0.3 is 0 Å². The summed E-state index contributed by atoms with van der Waals surface area (Å²) in [6.45, 7) is 2.62. The first-order valence-electron chi connectivity index (χ1n) is 9.19. The van der Waals surface area contributed by atoms with Crippen LogP contribution >= 0.6 is 0 Å². The van der Waals surface area contributed by atoms with Crippen molar-refractivity contribution >= 4 is 5.91 Å². The van der Waals surface area contributed by atoms with E-state index in [2.05, 4.69) is 10.6 Å². The lowest BCUT2D eigenvalue weighted by molar-refractivity contribution is -0.120. The van der Waals surface area contributed by atoms with Crippen LogP contribution in [-0.4, -0.2) is 56.6 Å². The summed E-state index contributed by atoms with van der Waals surface area (Å²) >= 11 is 0. The van der Waals surface area contributed by atoms with Crippen molar-refractivity contribution in [3.63, 3.8) is 0 Å². The van der Waals surface area contributed by atoms with Crippen LogP contribution in [-0.2, 0) is 16.0 Å². The lowest BCUT2D eigenvalue weighted by Gasteiger charge is -2.13. The minimum absolute atomic E-state index is 0.00898. The van der Waals surface area contributed by atoms with Gasteiger partial charge in [0.1, 0.15) is 12.4 Å². The van der Waals surface area contributed by atoms with E-state index in [-0.39, 0.29) is 12.5 Å². The number of carbonyl (C=O) groups excluding carboxylic acids is 1. The van der Waals surface area contributed by atoms with E-state index in [9.17, 15) is 9.90 Å². The Bertz CT molecular complexity index is 637. The van der Waals surface area contributed by atoms with Gasteiger partial charge in [-0.25, -0.2) is 0 Å². The summed E-state index contributed by atoms with van der Waals surface area (Å²) in [5.74, 6) is 0.794. The normalized spacial score (nSPS) is 11.7. The van der Waals surface area contributed by atoms with E-state index in [0.717, 1.165) is 11.3 Å². The zero-order valence-electron chi connectivity index (χ0n) is 15.5. The third-order valence-electron chi connectivity index (χ3n) is 3.76. The maximum absolute atomic E-state index is 11.8. The number of ether oxygens (including phenoxy) is 2. The number of rotatable bonds is 13. The number of amides is 1. The quantitative estimate of drug-likeness (QED) is 0.463. The molecule has 0 radical (unpaired) electrons. The van der Waals surface area contributed by atoms with Gasteiger partial charge in [0, 0.05) is 19.6 Å². The van der Waals surface area contributed by atoms with Crippen molar-refractivity contribution in [3.05, 3.63) is 66.2 Å². The lowest BCUT2D eigenvalue weighted by Crippen LogP contribution is -2.37. The van der Waals surface area contributed by atoms with Gasteiger partial charge < -0.3 is 25.2 Å². The van der Waals surface area contributed by atoms with Gasteiger partial charge in [0.15, 0.2) is 0 Å². The summed E-state index contributed by atoms with van der Waals surface area (Å²) in [5.41, 5.74) is 0.992. The number of aliphatic hydroxyl groups excluding tert-OH is 1. The highest BCUT2D eigenvalue weighted by atomic mass is 16.5. The molecule has 1 amide bonds. The molecule has 0 bridgehead atoms. The second-order valence-corrected chi connectivity index (χ2v) is 6.11. The number of hydrogen-bond donors (Lipinski definition) is 3. The molecule has 0 saturated heterocycles. The topological polar surface area (TPSA) is 79.8 Å². The Morgan fingerprint density at radius 1 is 0.963 bits per heavy atom. The van der Waals surface area contributed by atoms with Gasteiger partial charge in [-0.15, -0.1) is 0 Å². The molecule has 0 aliphatic rings. The van der Waals surface area contributed by atoms with Gasteiger partial charge in [0.05, 0.1) is 25.7 Å². The van der Waals surface area contributed by atoms with Gasteiger partial charge in [-0.3, -0.25) is 4.79 Å². The molecule has 146 valence electrons. The molecular weight excluding hydrogens is 344 g/mol. The Morgan fingerprint density at radius 3 is 2.41 bits per heavy atom. The van der Waals surface area contributed by atoms with Gasteiger partial charge in [0.25, 0.3) is 0 Å². The fraction of sp³-hybridized carbons (Fsp3) is 0.381. The summed E-state index contributed by atoms with van der Waals surface area (Å²) in [6, 6.07) is 19.2. The highest BCUT2D eigenvalue weighted by Gasteiger charge is 2.05. The van der Waals surface area contributed by atoms with Crippen LogP contribution in [0.25, 0.3) is 0 Å². The molecule has 6 heteroatoms. The molecule has 0 heterocycles. The van der Waals surface area contributed by atoms with Crippen molar-refractivity contribution in [2.24, 2.45) is 0 Å². The first kappa shape index (κ1) is 20.9. The second kappa shape index (κ2) is 12.9. The smallest absolute Gasteiger partial charge is 0.224 e. The number of nitrogens with one attached hydrogen (secondary N) is 2. The Labute approximate surface area is 160 Å². The van der Waals surface area contributed by atoms with Crippen LogP contribution in [0.3, 0.4) is 0 Å². The van der Waals surface area contributed by atoms with Crippen molar-refractivity contribution in [3.8, 4) is 5.75 Å². The van der Waals surface area contributed by atoms with Crippen LogP contribution in [0.1, 0.15) is 5.56 Å². The summed E-state index contributed by atoms with van der Waals surface area (Å²) in [5, 5.41) is 15.8. The van der Waals surface area contributed by atoms with Gasteiger partial charge in [-0.1, -0.05) is 48.5 Å². The zero-order chi connectivity index (χ0) is 19.2. The highest BCUT2D eigenvalue weighted by Crippen LogP contribution is 2.07. The van der Waals surface area contributed by atoms with Crippen molar-refractivity contribution in [1.29, 1.82) is 0 Å². The third-order valence-corrected chi connectivity index (χ3v) is 3.76. The molecule has 2 rings (SSSR count). The number of hydrogen-bond acceptors (Lipinski definition) is 5. The van der Waals surface area contributed by atoms with E-state index in [0.29, 0.717) is 39.3 Å². The maximum atomic E-state index is 11.8. The summed E-state index contributed by atoms with van der Waals surface area (Å²) in [6.07, 6.45) is -0.218. The van der Waals surface area contributed by atoms with E-state index in [1.165, 1.54) is 0 Å². The lowest BCUT2D eigenvalue weighted by atomic mass is 10.1. The van der Waals surface area contributed by atoms with E-state index < -0.39 is 6.10 Å². The molecule has 0 aromatic heterocycles. The largest absolute Gasteiger partial charge is 0.491 e. The molecule has 1 unspecified atom stereocenters. The zero-order valence-corrected chi connectivity index (χ0v) is 15.5. The molecule has 0 saturated carbocycles. The molecule has 27 heavy (non-hydrogen) atoms. The van der Waals surface area contributed by atoms with E-state index in [1.807, 2.05) is 60.7 Å². The molecule has 0 aliphatic carbocycles. The molecule has 6 nitrogen and oxygen atoms in total. The molecule has 0 aliphatic heterocycles. The van der Waals surface area contributed by atoms with Crippen molar-refractivity contribution < 1.29 is 19.4 Å². The Morgan fingerprint density at radius 2 is 1.67 bits per heavy atom. The van der Waals surface area contributed by atoms with Crippen LogP contribution in [0, 0.1) is 0 Å². The molecule has 0 fully saturated rings. The van der Waals surface area contributed by atoms with E-state index >= 15 is 0 Å². The molecule has 2 aromatic rings. The van der Waals surface area contributed by atoms with Gasteiger partial charge in [0.2, 0.25) is 5.91 Å². The van der Waals surface area contributed by atoms with Crippen molar-refractivity contribution in [2.45, 2.75) is 12.5 Å². The number of para-hydroxylation sites is 1. The molecule has 0 spiro atoms. The summed E-state index contributed by atoms with van der Waals surface area (Å²) in [4.78, 5) is 11.8. The second-order valence-electron chi connectivity index (χ2n) is 6.11. The minimum Gasteiger partial charge on any atom is -0.491 e. The van der Waals surface area contributed by atoms with E-state index in [1.54, 1.807) is 0 Å². The highest BCUT2D eigenvalue weighted by molar-refractivity contribution is 5.78. The fourth-order valence-electron chi connectivity index (χ4n) is 2.42. The molecule has 3 N–H and O–H groups in total. The Balaban J connectivity index is 1.42. The Hall–Kier alpha value is -2.41. The van der Waals surface area contributed by atoms with Crippen LogP contribution in [0.15, 0.2) is 60.7 Å². The summed E-state index contributed by atoms with van der Waals surface area (Å²) < 4.78 is 10.9. The first-order chi connectivity index (χ1) is 13.2. The average molecular weight is 372 g/mol. The monoisotopic (exact) mass is 372 g/mol. The molecular formula is C21H28N2O4. The number of aliphatic hydroxyl groups is 1. The molecule has 2 aromatic carbocycles. The number of benzene rings is 2. The maximum Gasteiger partial charge on any atom is 0.224 e. The summed E-state index contributed by atoms with van der Waals surface area (Å²) in [7, 11) is 0. The van der Waals surface area contributed by atoms with Gasteiger partial charge in [-0.05, 0) is 17.7 Å². The average Bonchev–Trinajstić information content (AvgIpc) is 2.69. The van der Waals surface area contributed by atoms with E-state index in [4.69, 9.17) is 9.47 Å². The Kier molecular flexibility index (Phi) is 9.96. The predicted molar refractivity (Wildman–Crippen MR) is 105 cm³/mol. The standard InChI is InChI=1S/C21H28N2O4/c24-19(17-26-13-14-27-20-9-5-2-6-10-20)16-22-11-12-23-21(25)15-18-7-3-1-4-8-18/h1-10,19,22,24H,11-17H2,(H,23,25).